The molecule has 4 aromatic rings. The van der Waals surface area contributed by atoms with Crippen LogP contribution in [-0.2, 0) is 4.79 Å². The van der Waals surface area contributed by atoms with Crippen molar-refractivity contribution in [1.82, 2.24) is 24.5 Å². The fourth-order valence-electron chi connectivity index (χ4n) is 4.71. The molecule has 10 heteroatoms. The van der Waals surface area contributed by atoms with Gasteiger partial charge < -0.3 is 20.3 Å². The monoisotopic (exact) mass is 529 g/mol. The minimum atomic E-state index is -0.263. The van der Waals surface area contributed by atoms with Crippen LogP contribution in [0, 0.1) is 6.92 Å². The Hall–Kier alpha value is -3.89. The number of nitrogens with zero attached hydrogens (tertiary/aromatic N) is 5. The number of hydrogen-bond acceptors (Lipinski definition) is 8. The van der Waals surface area contributed by atoms with E-state index in [1.54, 1.807) is 17.8 Å². The number of piperidine rings is 1. The van der Waals surface area contributed by atoms with E-state index >= 15 is 0 Å². The molecule has 0 aliphatic carbocycles. The minimum Gasteiger partial charge on any atom is -0.495 e. The molecule has 2 aromatic heterocycles. The first-order chi connectivity index (χ1) is 18.4. The number of fused-ring (bicyclic) bond motifs is 1. The zero-order valence-electron chi connectivity index (χ0n) is 21.8. The molecule has 1 amide bonds. The number of aryl methyl sites for hydroxylation is 1. The molecule has 9 nitrogen and oxygen atoms in total. The van der Waals surface area contributed by atoms with Gasteiger partial charge in [-0.05, 0) is 105 Å². The molecule has 2 aromatic carbocycles. The topological polar surface area (TPSA) is 96.7 Å². The largest absolute Gasteiger partial charge is 0.495 e. The van der Waals surface area contributed by atoms with Crippen molar-refractivity contribution in [2.24, 2.45) is 0 Å². The summed E-state index contributed by atoms with van der Waals surface area (Å²) >= 11 is 1.43. The summed E-state index contributed by atoms with van der Waals surface area (Å²) in [5, 5.41) is 11.2. The van der Waals surface area contributed by atoms with Crippen LogP contribution in [0.3, 0.4) is 0 Å². The summed E-state index contributed by atoms with van der Waals surface area (Å²) < 4.78 is 7.48. The maximum absolute atomic E-state index is 11.7. The van der Waals surface area contributed by atoms with E-state index in [0.717, 1.165) is 42.3 Å². The average molecular weight is 530 g/mol. The van der Waals surface area contributed by atoms with Crippen LogP contribution in [0.4, 0.5) is 17.3 Å². The predicted octanol–water partition coefficient (Wildman–Crippen LogP) is 5.27. The van der Waals surface area contributed by atoms with Crippen LogP contribution in [0.2, 0.25) is 0 Å². The molecule has 38 heavy (non-hydrogen) atoms. The zero-order chi connectivity index (χ0) is 26.6. The van der Waals surface area contributed by atoms with Crippen molar-refractivity contribution in [2.75, 3.05) is 37.9 Å². The Balaban J connectivity index is 1.43. The smallest absolute Gasteiger partial charge is 0.247 e. The number of rotatable bonds is 8. The molecular weight excluding hydrogens is 498 g/mol. The Labute approximate surface area is 226 Å². The van der Waals surface area contributed by atoms with Gasteiger partial charge in [0.15, 0.2) is 10.8 Å². The maximum Gasteiger partial charge on any atom is 0.247 e. The van der Waals surface area contributed by atoms with Gasteiger partial charge in [-0.25, -0.2) is 0 Å². The standard InChI is InChI=1S/C28H31N7O2S/c1-5-26(36)30-20-7-6-8-21(16-20)38-28-33-27(32-25-9-12-29-35(25)28)31-23-15-18(2)22(17-24(23)37-4)19-10-13-34(3)14-11-19/h5-9,12,15-17,19H,1,10-11,13-14H2,2-4H3,(H,30,36)(H,31,32). The van der Waals surface area contributed by atoms with Crippen molar-refractivity contribution in [3.8, 4) is 5.75 Å². The first-order valence-electron chi connectivity index (χ1n) is 12.5. The van der Waals surface area contributed by atoms with Crippen molar-refractivity contribution >= 4 is 40.6 Å². The highest BCUT2D eigenvalue weighted by atomic mass is 32.2. The van der Waals surface area contributed by atoms with E-state index in [1.165, 1.54) is 29.0 Å². The first kappa shape index (κ1) is 25.7. The van der Waals surface area contributed by atoms with Crippen molar-refractivity contribution in [1.29, 1.82) is 0 Å². The molecule has 0 saturated carbocycles. The van der Waals surface area contributed by atoms with Crippen LogP contribution in [-0.4, -0.2) is 57.6 Å². The lowest BCUT2D eigenvalue weighted by Gasteiger charge is -2.30. The molecule has 1 aliphatic rings. The van der Waals surface area contributed by atoms with Gasteiger partial charge in [0.1, 0.15) is 5.75 Å². The van der Waals surface area contributed by atoms with Crippen LogP contribution in [0.5, 0.6) is 5.75 Å². The fourth-order valence-corrected chi connectivity index (χ4v) is 5.61. The van der Waals surface area contributed by atoms with Gasteiger partial charge in [0, 0.05) is 16.6 Å². The minimum absolute atomic E-state index is 0.263. The van der Waals surface area contributed by atoms with Gasteiger partial charge >= 0.3 is 0 Å². The highest BCUT2D eigenvalue weighted by molar-refractivity contribution is 7.99. The van der Waals surface area contributed by atoms with Gasteiger partial charge in [0.25, 0.3) is 0 Å². The quantitative estimate of drug-likeness (QED) is 0.298. The van der Waals surface area contributed by atoms with E-state index in [-0.39, 0.29) is 5.91 Å². The van der Waals surface area contributed by atoms with E-state index < -0.39 is 0 Å². The van der Waals surface area contributed by atoms with Crippen molar-refractivity contribution < 1.29 is 9.53 Å². The summed E-state index contributed by atoms with van der Waals surface area (Å²) in [6.07, 6.45) is 5.23. The number of methoxy groups -OCH3 is 1. The number of likely N-dealkylation sites (tertiary alicyclic amines) is 1. The molecule has 1 fully saturated rings. The van der Waals surface area contributed by atoms with Crippen molar-refractivity contribution in [2.45, 2.75) is 35.7 Å². The van der Waals surface area contributed by atoms with Crippen molar-refractivity contribution in [3.63, 3.8) is 0 Å². The van der Waals surface area contributed by atoms with Crippen LogP contribution >= 0.6 is 11.8 Å². The molecular formula is C28H31N7O2S. The van der Waals surface area contributed by atoms with Crippen LogP contribution in [0.1, 0.15) is 29.9 Å². The Kier molecular flexibility index (Phi) is 7.62. The van der Waals surface area contributed by atoms with Gasteiger partial charge in [0.05, 0.1) is 19.0 Å². The zero-order valence-corrected chi connectivity index (χ0v) is 22.6. The highest BCUT2D eigenvalue weighted by Crippen LogP contribution is 2.37. The lowest BCUT2D eigenvalue weighted by Crippen LogP contribution is -2.29. The molecule has 1 saturated heterocycles. The lowest BCUT2D eigenvalue weighted by molar-refractivity contribution is -0.111. The SMILES string of the molecule is C=CC(=O)Nc1cccc(Sc2nc(Nc3cc(C)c(C4CCN(C)CC4)cc3OC)nc3ccnn23)c1. The molecule has 2 N–H and O–H groups in total. The van der Waals surface area contributed by atoms with Gasteiger partial charge in [0.2, 0.25) is 11.9 Å². The molecule has 5 rings (SSSR count). The molecule has 0 spiro atoms. The first-order valence-corrected chi connectivity index (χ1v) is 13.3. The molecule has 0 atom stereocenters. The third-order valence-corrected chi connectivity index (χ3v) is 7.65. The summed E-state index contributed by atoms with van der Waals surface area (Å²) in [6, 6.07) is 13.6. The van der Waals surface area contributed by atoms with Gasteiger partial charge in [-0.2, -0.15) is 19.6 Å². The maximum atomic E-state index is 11.7. The van der Waals surface area contributed by atoms with E-state index in [0.29, 0.717) is 28.4 Å². The molecule has 0 bridgehead atoms. The number of benzene rings is 2. The number of amides is 1. The van der Waals surface area contributed by atoms with Crippen LogP contribution < -0.4 is 15.4 Å². The molecule has 0 radical (unpaired) electrons. The number of ether oxygens (including phenoxy) is 1. The summed E-state index contributed by atoms with van der Waals surface area (Å²) in [7, 11) is 3.87. The summed E-state index contributed by atoms with van der Waals surface area (Å²) in [4.78, 5) is 24.4. The second-order valence-corrected chi connectivity index (χ2v) is 10.4. The number of hydrogen-bond donors (Lipinski definition) is 2. The molecule has 0 unspecified atom stereocenters. The molecule has 3 heterocycles. The van der Waals surface area contributed by atoms with E-state index in [4.69, 9.17) is 9.72 Å². The Morgan fingerprint density at radius 3 is 2.76 bits per heavy atom. The van der Waals surface area contributed by atoms with E-state index in [1.807, 2.05) is 30.3 Å². The van der Waals surface area contributed by atoms with E-state index in [2.05, 4.69) is 58.3 Å². The predicted molar refractivity (Wildman–Crippen MR) is 151 cm³/mol. The average Bonchev–Trinajstić information content (AvgIpc) is 3.39. The fraction of sp³-hybridized carbons (Fsp3) is 0.286. The number of nitrogens with one attached hydrogen (secondary N) is 2. The lowest BCUT2D eigenvalue weighted by atomic mass is 9.86. The van der Waals surface area contributed by atoms with Crippen LogP contribution in [0.15, 0.2) is 71.4 Å². The second kappa shape index (κ2) is 11.2. The molecule has 1 aliphatic heterocycles. The number of aromatic nitrogens is 4. The van der Waals surface area contributed by atoms with Gasteiger partial charge in [-0.3, -0.25) is 4.79 Å². The van der Waals surface area contributed by atoms with Crippen molar-refractivity contribution in [3.05, 3.63) is 72.4 Å². The highest BCUT2D eigenvalue weighted by Gasteiger charge is 2.22. The normalized spacial score (nSPS) is 14.4. The second-order valence-electron chi connectivity index (χ2n) is 9.37. The molecule has 196 valence electrons. The van der Waals surface area contributed by atoms with Crippen LogP contribution in [0.25, 0.3) is 5.65 Å². The third-order valence-electron chi connectivity index (χ3n) is 6.72. The summed E-state index contributed by atoms with van der Waals surface area (Å²) in [6.45, 7) is 7.87. The Bertz CT molecular complexity index is 1480. The van der Waals surface area contributed by atoms with Gasteiger partial charge in [-0.15, -0.1) is 0 Å². The Morgan fingerprint density at radius 2 is 2.00 bits per heavy atom. The summed E-state index contributed by atoms with van der Waals surface area (Å²) in [5.74, 6) is 1.48. The number of anilines is 3. The Morgan fingerprint density at radius 1 is 1.18 bits per heavy atom. The number of carbonyl (C=O) groups excluding carboxylic acids is 1. The number of carbonyl (C=O) groups is 1. The summed E-state index contributed by atoms with van der Waals surface area (Å²) in [5.41, 5.74) is 4.72. The third kappa shape index (κ3) is 5.66. The van der Waals surface area contributed by atoms with Gasteiger partial charge in [-0.1, -0.05) is 12.6 Å². The van der Waals surface area contributed by atoms with E-state index in [9.17, 15) is 4.79 Å².